The zero-order valence-corrected chi connectivity index (χ0v) is 13.8. The van der Waals surface area contributed by atoms with E-state index >= 15 is 0 Å². The van der Waals surface area contributed by atoms with Gasteiger partial charge >= 0.3 is 0 Å². The molecule has 1 aliphatic carbocycles. The smallest absolute Gasteiger partial charge is 0.0765 e. The van der Waals surface area contributed by atoms with Crippen LogP contribution in [0.1, 0.15) is 64.6 Å². The molecule has 2 heterocycles. The molecule has 4 heteroatoms. The predicted molar refractivity (Wildman–Crippen MR) is 86.3 cm³/mol. The Balaban J connectivity index is 1.66. The number of aromatic nitrogens is 2. The second-order valence-corrected chi connectivity index (χ2v) is 7.40. The van der Waals surface area contributed by atoms with Crippen molar-refractivity contribution in [2.45, 2.75) is 77.0 Å². The highest BCUT2D eigenvalue weighted by Crippen LogP contribution is 2.29. The minimum Gasteiger partial charge on any atom is -0.311 e. The van der Waals surface area contributed by atoms with E-state index in [2.05, 4.69) is 47.9 Å². The summed E-state index contributed by atoms with van der Waals surface area (Å²) in [5, 5.41) is 8.51. The van der Waals surface area contributed by atoms with Crippen molar-refractivity contribution in [1.29, 1.82) is 0 Å². The van der Waals surface area contributed by atoms with Crippen molar-refractivity contribution in [2.24, 2.45) is 0 Å². The summed E-state index contributed by atoms with van der Waals surface area (Å²) in [5.41, 5.74) is 1.44. The van der Waals surface area contributed by atoms with Gasteiger partial charge in [-0.15, -0.1) is 0 Å². The van der Waals surface area contributed by atoms with E-state index in [1.165, 1.54) is 37.8 Å². The van der Waals surface area contributed by atoms with E-state index < -0.39 is 0 Å². The zero-order chi connectivity index (χ0) is 14.9. The molecule has 1 saturated heterocycles. The molecule has 1 unspecified atom stereocenters. The van der Waals surface area contributed by atoms with Gasteiger partial charge in [-0.1, -0.05) is 19.8 Å². The lowest BCUT2D eigenvalue weighted by atomic mass is 9.96. The molecule has 21 heavy (non-hydrogen) atoms. The third-order valence-electron chi connectivity index (χ3n) is 5.33. The lowest BCUT2D eigenvalue weighted by Gasteiger charge is -2.45. The summed E-state index contributed by atoms with van der Waals surface area (Å²) in [5.74, 6) is 0. The average molecular weight is 290 g/mol. The highest BCUT2D eigenvalue weighted by atomic mass is 15.3. The van der Waals surface area contributed by atoms with Gasteiger partial charge in [0.2, 0.25) is 0 Å². The third-order valence-corrected chi connectivity index (χ3v) is 5.33. The maximum Gasteiger partial charge on any atom is 0.0765 e. The summed E-state index contributed by atoms with van der Waals surface area (Å²) in [6, 6.07) is 3.49. The van der Waals surface area contributed by atoms with Crippen LogP contribution < -0.4 is 5.32 Å². The lowest BCUT2D eigenvalue weighted by molar-refractivity contribution is 0.0563. The van der Waals surface area contributed by atoms with Gasteiger partial charge in [0.25, 0.3) is 0 Å². The molecule has 0 spiro atoms. The van der Waals surface area contributed by atoms with Gasteiger partial charge in [0.05, 0.1) is 11.7 Å². The van der Waals surface area contributed by atoms with Crippen LogP contribution in [-0.2, 0) is 6.54 Å². The number of nitrogens with one attached hydrogen (secondary N) is 1. The Bertz CT molecular complexity index is 459. The fourth-order valence-corrected chi connectivity index (χ4v) is 3.67. The summed E-state index contributed by atoms with van der Waals surface area (Å²) in [4.78, 5) is 2.60. The summed E-state index contributed by atoms with van der Waals surface area (Å²) in [7, 11) is 0. The van der Waals surface area contributed by atoms with Gasteiger partial charge in [-0.2, -0.15) is 5.10 Å². The highest BCUT2D eigenvalue weighted by Gasteiger charge is 2.33. The first-order chi connectivity index (χ1) is 10.1. The van der Waals surface area contributed by atoms with E-state index in [9.17, 15) is 0 Å². The van der Waals surface area contributed by atoms with Crippen LogP contribution in [0.5, 0.6) is 0 Å². The van der Waals surface area contributed by atoms with Gasteiger partial charge in [-0.25, -0.2) is 0 Å². The molecule has 0 amide bonds. The fraction of sp³-hybridized carbons (Fsp3) is 0.824. The first kappa shape index (κ1) is 15.0. The van der Waals surface area contributed by atoms with Crippen molar-refractivity contribution in [3.05, 3.63) is 18.0 Å². The van der Waals surface area contributed by atoms with Crippen molar-refractivity contribution in [3.8, 4) is 0 Å². The quantitative estimate of drug-likeness (QED) is 0.925. The Hall–Kier alpha value is -0.870. The van der Waals surface area contributed by atoms with E-state index in [0.29, 0.717) is 12.1 Å². The van der Waals surface area contributed by atoms with Crippen LogP contribution in [0.4, 0.5) is 0 Å². The minimum absolute atomic E-state index is 0.211. The molecular formula is C17H30N4. The molecule has 1 aliphatic heterocycles. The van der Waals surface area contributed by atoms with Gasteiger partial charge in [-0.05, 0) is 39.2 Å². The number of piperazine rings is 1. The summed E-state index contributed by atoms with van der Waals surface area (Å²) in [6.45, 7) is 10.1. The van der Waals surface area contributed by atoms with Crippen molar-refractivity contribution in [1.82, 2.24) is 20.0 Å². The molecular weight excluding hydrogens is 260 g/mol. The second-order valence-electron chi connectivity index (χ2n) is 7.40. The van der Waals surface area contributed by atoms with Crippen LogP contribution in [0, 0.1) is 0 Å². The maximum atomic E-state index is 4.86. The lowest BCUT2D eigenvalue weighted by Crippen LogP contribution is -2.61. The van der Waals surface area contributed by atoms with E-state index in [0.717, 1.165) is 19.6 Å². The van der Waals surface area contributed by atoms with E-state index in [-0.39, 0.29) is 5.54 Å². The molecule has 1 atom stereocenters. The first-order valence-electron chi connectivity index (χ1n) is 8.61. The Morgan fingerprint density at radius 3 is 2.81 bits per heavy atom. The van der Waals surface area contributed by atoms with Crippen molar-refractivity contribution < 1.29 is 0 Å². The Morgan fingerprint density at radius 2 is 2.10 bits per heavy atom. The highest BCUT2D eigenvalue weighted by molar-refractivity contribution is 5.03. The summed E-state index contributed by atoms with van der Waals surface area (Å²) >= 11 is 0. The SMILES string of the molecule is CCC1CN(Cc2ccn(C3CCCC3)n2)C(C)(C)CN1. The van der Waals surface area contributed by atoms with Gasteiger partial charge in [-0.3, -0.25) is 9.58 Å². The Morgan fingerprint density at radius 1 is 1.33 bits per heavy atom. The second kappa shape index (κ2) is 6.09. The van der Waals surface area contributed by atoms with Gasteiger partial charge in [0, 0.05) is 37.4 Å². The van der Waals surface area contributed by atoms with Crippen LogP contribution in [0.15, 0.2) is 12.3 Å². The maximum absolute atomic E-state index is 4.86. The topological polar surface area (TPSA) is 33.1 Å². The van der Waals surface area contributed by atoms with Crippen LogP contribution in [0.2, 0.25) is 0 Å². The number of nitrogens with zero attached hydrogens (tertiary/aromatic N) is 3. The van der Waals surface area contributed by atoms with E-state index in [4.69, 9.17) is 5.10 Å². The molecule has 2 aliphatic rings. The standard InChI is InChI=1S/C17H30N4/c1-4-14-11-20(17(2,3)13-18-14)12-15-9-10-21(19-15)16-7-5-6-8-16/h9-10,14,16,18H,4-8,11-13H2,1-3H3. The normalized spacial score (nSPS) is 27.3. The Kier molecular flexibility index (Phi) is 4.36. The first-order valence-corrected chi connectivity index (χ1v) is 8.61. The minimum atomic E-state index is 0.211. The average Bonchev–Trinajstić information content (AvgIpc) is 3.11. The van der Waals surface area contributed by atoms with Crippen LogP contribution in [0.3, 0.4) is 0 Å². The number of rotatable bonds is 4. The van der Waals surface area contributed by atoms with Gasteiger partial charge in [0.15, 0.2) is 0 Å². The fourth-order valence-electron chi connectivity index (χ4n) is 3.67. The number of hydrogen-bond acceptors (Lipinski definition) is 3. The zero-order valence-electron chi connectivity index (χ0n) is 13.8. The Labute approximate surface area is 128 Å². The van der Waals surface area contributed by atoms with Crippen LogP contribution >= 0.6 is 0 Å². The molecule has 2 fully saturated rings. The largest absolute Gasteiger partial charge is 0.311 e. The molecule has 1 saturated carbocycles. The number of hydrogen-bond donors (Lipinski definition) is 1. The van der Waals surface area contributed by atoms with E-state index in [1.807, 2.05) is 0 Å². The van der Waals surface area contributed by atoms with Crippen molar-refractivity contribution in [3.63, 3.8) is 0 Å². The molecule has 1 aromatic rings. The summed E-state index contributed by atoms with van der Waals surface area (Å²) < 4.78 is 2.22. The third kappa shape index (κ3) is 3.32. The van der Waals surface area contributed by atoms with Gasteiger partial charge in [0.1, 0.15) is 0 Å². The predicted octanol–water partition coefficient (Wildman–Crippen LogP) is 2.96. The van der Waals surface area contributed by atoms with Crippen LogP contribution in [-0.4, -0.2) is 39.4 Å². The van der Waals surface area contributed by atoms with Crippen molar-refractivity contribution in [2.75, 3.05) is 13.1 Å². The molecule has 0 bridgehead atoms. The molecule has 118 valence electrons. The van der Waals surface area contributed by atoms with Crippen molar-refractivity contribution >= 4 is 0 Å². The molecule has 0 aromatic carbocycles. The molecule has 4 nitrogen and oxygen atoms in total. The molecule has 0 radical (unpaired) electrons. The van der Waals surface area contributed by atoms with Gasteiger partial charge < -0.3 is 5.32 Å². The molecule has 1 aromatic heterocycles. The molecule has 1 N–H and O–H groups in total. The monoisotopic (exact) mass is 290 g/mol. The van der Waals surface area contributed by atoms with E-state index in [1.54, 1.807) is 0 Å². The molecule has 3 rings (SSSR count). The van der Waals surface area contributed by atoms with Crippen LogP contribution in [0.25, 0.3) is 0 Å². The summed E-state index contributed by atoms with van der Waals surface area (Å²) in [6.07, 6.45) is 8.73.